The number of ketones is 1. The van der Waals surface area contributed by atoms with Crippen molar-refractivity contribution in [2.45, 2.75) is 93.4 Å². The maximum absolute atomic E-state index is 14.0. The van der Waals surface area contributed by atoms with Crippen molar-refractivity contribution in [3.05, 3.63) is 108 Å². The molecule has 3 saturated heterocycles. The number of hydrogen-bond acceptors (Lipinski definition) is 15. The SMILES string of the molecule is COC(=O)COC1C(NC(=O)c2ccccc2)[C@@H](C(=O)NCCCCCNC(=O)[C@@H]2OC3COC(c4ccccc4)O[C@@H]3[C@H](OCC(C)=O)C2NC(=O)c2ccccc2)OC(CO)[C@H]1O. The van der Waals surface area contributed by atoms with Crippen molar-refractivity contribution in [1.29, 1.82) is 0 Å². The number of fused-ring (bicyclic) bond motifs is 1. The summed E-state index contributed by atoms with van der Waals surface area (Å²) in [6, 6.07) is 23.4. The molecule has 0 radical (unpaired) electrons. The fourth-order valence-corrected chi connectivity index (χ4v) is 7.79. The maximum Gasteiger partial charge on any atom is 0.331 e. The van der Waals surface area contributed by atoms with Gasteiger partial charge in [-0.05, 0) is 50.5 Å². The molecule has 4 amide bonds. The van der Waals surface area contributed by atoms with Crippen LogP contribution in [0.3, 0.4) is 0 Å². The number of nitrogens with one attached hydrogen (secondary N) is 4. The molecule has 19 nitrogen and oxygen atoms in total. The first-order valence-corrected chi connectivity index (χ1v) is 21.5. The lowest BCUT2D eigenvalue weighted by Gasteiger charge is -2.49. The summed E-state index contributed by atoms with van der Waals surface area (Å²) in [5.41, 5.74) is 1.33. The van der Waals surface area contributed by atoms with Crippen molar-refractivity contribution < 1.29 is 72.1 Å². The van der Waals surface area contributed by atoms with Crippen molar-refractivity contribution in [3.63, 3.8) is 0 Å². The number of esters is 1. The summed E-state index contributed by atoms with van der Waals surface area (Å²) >= 11 is 0. The first kappa shape index (κ1) is 48.8. The molecule has 0 aromatic heterocycles. The molecule has 3 aromatic rings. The molecule has 0 saturated carbocycles. The minimum Gasteiger partial charge on any atom is -0.467 e. The molecule has 19 heteroatoms. The zero-order valence-corrected chi connectivity index (χ0v) is 36.1. The van der Waals surface area contributed by atoms with Gasteiger partial charge in [0.2, 0.25) is 0 Å². The smallest absolute Gasteiger partial charge is 0.331 e. The Morgan fingerprint density at radius 2 is 1.20 bits per heavy atom. The lowest BCUT2D eigenvalue weighted by molar-refractivity contribution is -0.315. The molecular formula is C46H56N4O15. The summed E-state index contributed by atoms with van der Waals surface area (Å²) in [5.74, 6) is -3.33. The summed E-state index contributed by atoms with van der Waals surface area (Å²) in [4.78, 5) is 78.6. The molecule has 6 rings (SSSR count). The van der Waals surface area contributed by atoms with E-state index in [0.717, 1.165) is 12.7 Å². The molecule has 350 valence electrons. The molecule has 65 heavy (non-hydrogen) atoms. The number of aliphatic hydroxyl groups is 2. The van der Waals surface area contributed by atoms with Gasteiger partial charge in [0, 0.05) is 29.8 Å². The summed E-state index contributed by atoms with van der Waals surface area (Å²) in [5, 5.41) is 32.3. The number of aliphatic hydroxyl groups excluding tert-OH is 2. The van der Waals surface area contributed by atoms with Crippen LogP contribution in [0, 0.1) is 0 Å². The fourth-order valence-electron chi connectivity index (χ4n) is 7.79. The van der Waals surface area contributed by atoms with Gasteiger partial charge in [0.05, 0.1) is 32.4 Å². The third-order valence-electron chi connectivity index (χ3n) is 11.1. The van der Waals surface area contributed by atoms with Crippen LogP contribution in [0.15, 0.2) is 91.0 Å². The number of rotatable bonds is 20. The summed E-state index contributed by atoms with van der Waals surface area (Å²) < 4.78 is 41.0. The van der Waals surface area contributed by atoms with Gasteiger partial charge in [-0.25, -0.2) is 4.79 Å². The highest BCUT2D eigenvalue weighted by Crippen LogP contribution is 2.36. The molecule has 0 bridgehead atoms. The Morgan fingerprint density at radius 3 is 1.74 bits per heavy atom. The zero-order chi connectivity index (χ0) is 46.3. The molecule has 3 fully saturated rings. The number of Topliss-reactive ketones (excluding diaryl/α,β-unsaturated/α-hetero) is 1. The summed E-state index contributed by atoms with van der Waals surface area (Å²) in [7, 11) is 1.15. The highest BCUT2D eigenvalue weighted by Gasteiger charge is 2.54. The van der Waals surface area contributed by atoms with Crippen molar-refractivity contribution in [2.75, 3.05) is 46.6 Å². The second-order valence-corrected chi connectivity index (χ2v) is 15.7. The average Bonchev–Trinajstić information content (AvgIpc) is 3.33. The number of unbranched alkanes of at least 4 members (excludes halogenated alkanes) is 2. The van der Waals surface area contributed by atoms with E-state index in [9.17, 15) is 39.0 Å². The highest BCUT2D eigenvalue weighted by molar-refractivity contribution is 5.96. The molecule has 0 spiro atoms. The average molecular weight is 905 g/mol. The van der Waals surface area contributed by atoms with Gasteiger partial charge in [-0.1, -0.05) is 66.7 Å². The third-order valence-corrected chi connectivity index (χ3v) is 11.1. The van der Waals surface area contributed by atoms with Crippen LogP contribution in [0.1, 0.15) is 58.8 Å². The van der Waals surface area contributed by atoms with Crippen LogP contribution in [0.5, 0.6) is 0 Å². The maximum atomic E-state index is 14.0. The molecule has 3 aliphatic rings. The predicted octanol–water partition coefficient (Wildman–Crippen LogP) is 0.521. The van der Waals surface area contributed by atoms with Crippen LogP contribution in [0.25, 0.3) is 0 Å². The number of hydrogen-bond donors (Lipinski definition) is 6. The topological polar surface area (TPSA) is 256 Å². The lowest BCUT2D eigenvalue weighted by Crippen LogP contribution is -2.69. The number of amides is 4. The summed E-state index contributed by atoms with van der Waals surface area (Å²) in [6.07, 6.45) is -8.85. The van der Waals surface area contributed by atoms with Crippen LogP contribution in [0.2, 0.25) is 0 Å². The Labute approximate surface area is 375 Å². The van der Waals surface area contributed by atoms with Crippen LogP contribution < -0.4 is 21.3 Å². The molecule has 11 atom stereocenters. The van der Waals surface area contributed by atoms with E-state index in [2.05, 4.69) is 26.0 Å². The Bertz CT molecular complexity index is 2050. The van der Waals surface area contributed by atoms with Gasteiger partial charge >= 0.3 is 5.97 Å². The molecule has 6 N–H and O–H groups in total. The second-order valence-electron chi connectivity index (χ2n) is 15.7. The largest absolute Gasteiger partial charge is 0.467 e. The van der Waals surface area contributed by atoms with E-state index in [1.54, 1.807) is 60.7 Å². The van der Waals surface area contributed by atoms with Gasteiger partial charge in [-0.2, -0.15) is 0 Å². The van der Waals surface area contributed by atoms with Gasteiger partial charge < -0.3 is 64.6 Å². The third kappa shape index (κ3) is 13.0. The van der Waals surface area contributed by atoms with Crippen LogP contribution in [-0.4, -0.2) is 153 Å². The van der Waals surface area contributed by atoms with E-state index in [0.29, 0.717) is 24.8 Å². The van der Waals surface area contributed by atoms with E-state index in [1.165, 1.54) is 6.92 Å². The van der Waals surface area contributed by atoms with Crippen LogP contribution in [-0.2, 0) is 52.3 Å². The highest BCUT2D eigenvalue weighted by atomic mass is 16.7. The van der Waals surface area contributed by atoms with Gasteiger partial charge in [0.1, 0.15) is 49.8 Å². The quantitative estimate of drug-likeness (QED) is 0.0668. The van der Waals surface area contributed by atoms with Gasteiger partial charge in [0.15, 0.2) is 24.3 Å². The molecule has 3 aromatic carbocycles. The zero-order valence-electron chi connectivity index (χ0n) is 36.1. The van der Waals surface area contributed by atoms with E-state index in [4.69, 9.17) is 28.4 Å². The van der Waals surface area contributed by atoms with Gasteiger partial charge in [0.25, 0.3) is 23.6 Å². The van der Waals surface area contributed by atoms with Crippen molar-refractivity contribution in [2.24, 2.45) is 0 Å². The Morgan fingerprint density at radius 1 is 0.677 bits per heavy atom. The van der Waals surface area contributed by atoms with Crippen molar-refractivity contribution in [1.82, 2.24) is 21.3 Å². The molecule has 0 aliphatic carbocycles. The minimum atomic E-state index is -1.53. The molecular weight excluding hydrogens is 849 g/mol. The predicted molar refractivity (Wildman–Crippen MR) is 228 cm³/mol. The Balaban J connectivity index is 1.07. The first-order chi connectivity index (χ1) is 31.5. The summed E-state index contributed by atoms with van der Waals surface area (Å²) in [6.45, 7) is 0.136. The number of methoxy groups -OCH3 is 1. The van der Waals surface area contributed by atoms with Crippen LogP contribution >= 0.6 is 0 Å². The molecule has 3 aliphatic heterocycles. The lowest BCUT2D eigenvalue weighted by atomic mass is 9.90. The Hall–Kier alpha value is -5.64. The van der Waals surface area contributed by atoms with E-state index in [1.807, 2.05) is 30.3 Å². The first-order valence-electron chi connectivity index (χ1n) is 21.5. The van der Waals surface area contributed by atoms with Gasteiger partial charge in [-0.15, -0.1) is 0 Å². The fraction of sp³-hybridized carbons (Fsp3) is 0.478. The van der Waals surface area contributed by atoms with Crippen molar-refractivity contribution in [3.8, 4) is 0 Å². The van der Waals surface area contributed by atoms with E-state index < -0.39 is 110 Å². The van der Waals surface area contributed by atoms with Gasteiger partial charge in [-0.3, -0.25) is 24.0 Å². The molecule has 3 heterocycles. The second kappa shape index (κ2) is 24.0. The number of carbonyl (C=O) groups excluding carboxylic acids is 6. The standard InChI is InChI=1S/C46H56N4O15/c1-27(52)24-60-39-35(50-43(56)29-17-9-4-10-18-29)41(64-32-25-62-46(65-37(32)39)30-19-11-5-12-20-30)45(58)48-22-14-6-13-21-47-44(57)40-34(49-42(55)28-15-7-3-8-16-28)38(61-26-33(53)59-2)36(54)31(23-51)63-40/h3-5,7-12,15-20,31-32,34-41,46,51,54H,6,13-14,21-26H2,1-2H3,(H,47,57)(H,48,58)(H,49,55)(H,50,56)/t31?,32?,34?,35?,36-,37+,38?,39-,40+,41-,46?/m1/s1. The minimum absolute atomic E-state index is 0.0352. The molecule has 6 unspecified atom stereocenters. The number of carbonyl (C=O) groups is 6. The Kier molecular flexibility index (Phi) is 18.1. The number of ether oxygens (including phenoxy) is 7. The van der Waals surface area contributed by atoms with E-state index in [-0.39, 0.29) is 37.6 Å². The van der Waals surface area contributed by atoms with Crippen LogP contribution in [0.4, 0.5) is 0 Å². The normalized spacial score (nSPS) is 27.3. The van der Waals surface area contributed by atoms with Crippen molar-refractivity contribution >= 4 is 35.4 Å². The monoisotopic (exact) mass is 904 g/mol. The van der Waals surface area contributed by atoms with E-state index >= 15 is 0 Å². The number of benzene rings is 3.